The fourth-order valence-electron chi connectivity index (χ4n) is 1.45. The van der Waals surface area contributed by atoms with Gasteiger partial charge in [-0.1, -0.05) is 6.07 Å². The highest BCUT2D eigenvalue weighted by molar-refractivity contribution is 5.17. The Kier molecular flexibility index (Phi) is 5.96. The molecule has 1 aromatic rings. The molecule has 0 spiro atoms. The minimum atomic E-state index is -0.792. The van der Waals surface area contributed by atoms with Gasteiger partial charge in [0, 0.05) is 0 Å². The van der Waals surface area contributed by atoms with Crippen LogP contribution in [0.1, 0.15) is 18.4 Å². The number of nitrogens with two attached hydrogens (primary N) is 1. The van der Waals surface area contributed by atoms with Gasteiger partial charge in [-0.3, -0.25) is 0 Å². The molecule has 0 aromatic heterocycles. The SMILES string of the molecule is NCCCCNCCc1ccc(F)c(F)c1. The largest absolute Gasteiger partial charge is 0.330 e. The summed E-state index contributed by atoms with van der Waals surface area (Å²) in [4.78, 5) is 0. The zero-order valence-corrected chi connectivity index (χ0v) is 9.31. The Balaban J connectivity index is 2.19. The lowest BCUT2D eigenvalue weighted by atomic mass is 10.1. The van der Waals surface area contributed by atoms with Crippen molar-refractivity contribution in [3.05, 3.63) is 35.4 Å². The van der Waals surface area contributed by atoms with Crippen LogP contribution >= 0.6 is 0 Å². The molecule has 0 radical (unpaired) electrons. The highest BCUT2D eigenvalue weighted by Gasteiger charge is 2.01. The van der Waals surface area contributed by atoms with Gasteiger partial charge in [0.25, 0.3) is 0 Å². The zero-order chi connectivity index (χ0) is 11.8. The Labute approximate surface area is 94.8 Å². The second-order valence-corrected chi connectivity index (χ2v) is 3.74. The Morgan fingerprint density at radius 3 is 2.56 bits per heavy atom. The maximum atomic E-state index is 12.8. The fourth-order valence-corrected chi connectivity index (χ4v) is 1.45. The van der Waals surface area contributed by atoms with Crippen LogP contribution in [-0.4, -0.2) is 19.6 Å². The van der Waals surface area contributed by atoms with E-state index >= 15 is 0 Å². The molecule has 2 nitrogen and oxygen atoms in total. The highest BCUT2D eigenvalue weighted by Crippen LogP contribution is 2.08. The third-order valence-electron chi connectivity index (χ3n) is 2.38. The van der Waals surface area contributed by atoms with E-state index in [4.69, 9.17) is 5.73 Å². The van der Waals surface area contributed by atoms with Gasteiger partial charge in [0.2, 0.25) is 0 Å². The molecule has 0 fully saturated rings. The van der Waals surface area contributed by atoms with E-state index in [1.165, 1.54) is 12.1 Å². The standard InChI is InChI=1S/C12H18F2N2/c13-11-4-3-10(9-12(11)14)5-8-16-7-2-1-6-15/h3-4,9,16H,1-2,5-8,15H2. The number of benzene rings is 1. The van der Waals surface area contributed by atoms with Crippen molar-refractivity contribution in [2.45, 2.75) is 19.3 Å². The van der Waals surface area contributed by atoms with Crippen LogP contribution in [-0.2, 0) is 6.42 Å². The van der Waals surface area contributed by atoms with Gasteiger partial charge in [0.05, 0.1) is 0 Å². The van der Waals surface area contributed by atoms with Gasteiger partial charge in [-0.15, -0.1) is 0 Å². The quantitative estimate of drug-likeness (QED) is 0.699. The molecule has 3 N–H and O–H groups in total. The first-order valence-corrected chi connectivity index (χ1v) is 5.58. The van der Waals surface area contributed by atoms with E-state index in [0.717, 1.165) is 31.5 Å². The number of nitrogens with one attached hydrogen (secondary N) is 1. The van der Waals surface area contributed by atoms with E-state index in [0.29, 0.717) is 13.0 Å². The molecule has 0 saturated heterocycles. The molecule has 0 bridgehead atoms. The molecule has 0 atom stereocenters. The maximum absolute atomic E-state index is 12.8. The third-order valence-corrected chi connectivity index (χ3v) is 2.38. The van der Waals surface area contributed by atoms with Crippen LogP contribution in [0.15, 0.2) is 18.2 Å². The summed E-state index contributed by atoms with van der Waals surface area (Å²) >= 11 is 0. The summed E-state index contributed by atoms with van der Waals surface area (Å²) in [5.41, 5.74) is 6.17. The van der Waals surface area contributed by atoms with E-state index in [2.05, 4.69) is 5.32 Å². The summed E-state index contributed by atoms with van der Waals surface area (Å²) in [6.07, 6.45) is 2.77. The Morgan fingerprint density at radius 2 is 1.88 bits per heavy atom. The number of halogens is 2. The number of hydrogen-bond donors (Lipinski definition) is 2. The molecule has 16 heavy (non-hydrogen) atoms. The van der Waals surface area contributed by atoms with Crippen molar-refractivity contribution >= 4 is 0 Å². The van der Waals surface area contributed by atoms with Crippen LogP contribution in [0.25, 0.3) is 0 Å². The van der Waals surface area contributed by atoms with Gasteiger partial charge in [-0.2, -0.15) is 0 Å². The molecule has 0 aliphatic carbocycles. The molecule has 1 rings (SSSR count). The summed E-state index contributed by atoms with van der Waals surface area (Å²) < 4.78 is 25.5. The topological polar surface area (TPSA) is 38.0 Å². The van der Waals surface area contributed by atoms with Gasteiger partial charge in [-0.05, 0) is 56.6 Å². The van der Waals surface area contributed by atoms with Gasteiger partial charge in [0.1, 0.15) is 0 Å². The molecule has 4 heteroatoms. The molecule has 0 aliphatic rings. The summed E-state index contributed by atoms with van der Waals surface area (Å²) in [6, 6.07) is 4.02. The molecule has 0 heterocycles. The van der Waals surface area contributed by atoms with Crippen LogP contribution in [0.5, 0.6) is 0 Å². The fraction of sp³-hybridized carbons (Fsp3) is 0.500. The van der Waals surface area contributed by atoms with Crippen molar-refractivity contribution in [2.75, 3.05) is 19.6 Å². The molecule has 0 unspecified atom stereocenters. The van der Waals surface area contributed by atoms with Crippen molar-refractivity contribution in [1.82, 2.24) is 5.32 Å². The third kappa shape index (κ3) is 4.68. The molecule has 0 aliphatic heterocycles. The predicted molar refractivity (Wildman–Crippen MR) is 61.2 cm³/mol. The Morgan fingerprint density at radius 1 is 1.06 bits per heavy atom. The van der Waals surface area contributed by atoms with Gasteiger partial charge < -0.3 is 11.1 Å². The van der Waals surface area contributed by atoms with E-state index in [1.807, 2.05) is 0 Å². The second-order valence-electron chi connectivity index (χ2n) is 3.74. The van der Waals surface area contributed by atoms with Crippen LogP contribution in [0.4, 0.5) is 8.78 Å². The van der Waals surface area contributed by atoms with Crippen molar-refractivity contribution in [1.29, 1.82) is 0 Å². The lowest BCUT2D eigenvalue weighted by Crippen LogP contribution is -2.19. The lowest BCUT2D eigenvalue weighted by Gasteiger charge is -2.04. The lowest BCUT2D eigenvalue weighted by molar-refractivity contribution is 0.506. The predicted octanol–water partition coefficient (Wildman–Crippen LogP) is 1.84. The minimum absolute atomic E-state index is 0.708. The van der Waals surface area contributed by atoms with Gasteiger partial charge >= 0.3 is 0 Å². The average Bonchev–Trinajstić information content (AvgIpc) is 2.28. The Hall–Kier alpha value is -1.00. The monoisotopic (exact) mass is 228 g/mol. The van der Waals surface area contributed by atoms with Crippen molar-refractivity contribution in [3.8, 4) is 0 Å². The Bertz CT molecular complexity index is 316. The maximum Gasteiger partial charge on any atom is 0.159 e. The summed E-state index contributed by atoms with van der Waals surface area (Å²) in [5, 5.41) is 3.23. The normalized spacial score (nSPS) is 10.7. The van der Waals surface area contributed by atoms with Crippen molar-refractivity contribution in [3.63, 3.8) is 0 Å². The summed E-state index contributed by atoms with van der Waals surface area (Å²) in [7, 11) is 0. The first-order chi connectivity index (χ1) is 7.74. The second kappa shape index (κ2) is 7.30. The smallest absolute Gasteiger partial charge is 0.159 e. The number of hydrogen-bond acceptors (Lipinski definition) is 2. The number of rotatable bonds is 7. The van der Waals surface area contributed by atoms with Crippen LogP contribution in [0, 0.1) is 11.6 Å². The minimum Gasteiger partial charge on any atom is -0.330 e. The summed E-state index contributed by atoms with van der Waals surface area (Å²) in [6.45, 7) is 2.40. The molecular weight excluding hydrogens is 210 g/mol. The molecule has 0 amide bonds. The zero-order valence-electron chi connectivity index (χ0n) is 9.31. The van der Waals surface area contributed by atoms with Crippen LogP contribution < -0.4 is 11.1 Å². The molecular formula is C12H18F2N2. The molecule has 1 aromatic carbocycles. The van der Waals surface area contributed by atoms with E-state index in [1.54, 1.807) is 6.07 Å². The summed E-state index contributed by atoms with van der Waals surface area (Å²) in [5.74, 6) is -1.57. The highest BCUT2D eigenvalue weighted by atomic mass is 19.2. The first kappa shape index (κ1) is 13.1. The molecule has 0 saturated carbocycles. The van der Waals surface area contributed by atoms with E-state index in [9.17, 15) is 8.78 Å². The molecule has 90 valence electrons. The van der Waals surface area contributed by atoms with E-state index in [-0.39, 0.29) is 0 Å². The van der Waals surface area contributed by atoms with Crippen molar-refractivity contribution < 1.29 is 8.78 Å². The van der Waals surface area contributed by atoms with Crippen molar-refractivity contribution in [2.24, 2.45) is 5.73 Å². The van der Waals surface area contributed by atoms with Gasteiger partial charge in [-0.25, -0.2) is 8.78 Å². The first-order valence-electron chi connectivity index (χ1n) is 5.58. The van der Waals surface area contributed by atoms with E-state index < -0.39 is 11.6 Å². The van der Waals surface area contributed by atoms with Crippen LogP contribution in [0.2, 0.25) is 0 Å². The van der Waals surface area contributed by atoms with Gasteiger partial charge in [0.15, 0.2) is 11.6 Å². The van der Waals surface area contributed by atoms with Crippen LogP contribution in [0.3, 0.4) is 0 Å². The number of unbranched alkanes of at least 4 members (excludes halogenated alkanes) is 1. The average molecular weight is 228 g/mol.